The molecule has 20 heavy (non-hydrogen) atoms. The van der Waals surface area contributed by atoms with Crippen molar-refractivity contribution in [3.05, 3.63) is 33.9 Å². The van der Waals surface area contributed by atoms with Gasteiger partial charge in [0.15, 0.2) is 0 Å². The van der Waals surface area contributed by atoms with Crippen LogP contribution in [0.3, 0.4) is 0 Å². The van der Waals surface area contributed by atoms with Crippen LogP contribution in [-0.2, 0) is 11.3 Å². The van der Waals surface area contributed by atoms with Crippen molar-refractivity contribution in [2.24, 2.45) is 0 Å². The molecule has 110 valence electrons. The number of nitrogens with zero attached hydrogens (tertiary/aromatic N) is 2. The van der Waals surface area contributed by atoms with Gasteiger partial charge in [-0.2, -0.15) is 0 Å². The Morgan fingerprint density at radius 2 is 2.25 bits per heavy atom. The van der Waals surface area contributed by atoms with Gasteiger partial charge < -0.3 is 10.1 Å². The summed E-state index contributed by atoms with van der Waals surface area (Å²) < 4.78 is 5.14. The number of hydrogen-bond donors (Lipinski definition) is 1. The SMILES string of the molecule is CNc1ccc([N+](=O)[O-])cc1CN(CCOC)C1CC1. The predicted molar refractivity (Wildman–Crippen MR) is 78.0 cm³/mol. The van der Waals surface area contributed by atoms with Gasteiger partial charge in [0.1, 0.15) is 0 Å². The molecule has 6 heteroatoms. The zero-order valence-corrected chi connectivity index (χ0v) is 12.0. The van der Waals surface area contributed by atoms with Crippen LogP contribution in [0, 0.1) is 10.1 Å². The average molecular weight is 279 g/mol. The first-order valence-corrected chi connectivity index (χ1v) is 6.83. The third-order valence-corrected chi connectivity index (χ3v) is 3.59. The van der Waals surface area contributed by atoms with E-state index in [9.17, 15) is 10.1 Å². The maximum Gasteiger partial charge on any atom is 0.269 e. The van der Waals surface area contributed by atoms with Crippen molar-refractivity contribution in [3.63, 3.8) is 0 Å². The Kier molecular flexibility index (Phi) is 4.92. The number of benzene rings is 1. The maximum absolute atomic E-state index is 10.9. The molecule has 1 saturated carbocycles. The van der Waals surface area contributed by atoms with Crippen LogP contribution >= 0.6 is 0 Å². The molecule has 2 rings (SSSR count). The van der Waals surface area contributed by atoms with Crippen molar-refractivity contribution in [3.8, 4) is 0 Å². The van der Waals surface area contributed by atoms with Gasteiger partial charge in [0.05, 0.1) is 11.5 Å². The Bertz CT molecular complexity index is 475. The molecule has 1 N–H and O–H groups in total. The summed E-state index contributed by atoms with van der Waals surface area (Å²) in [7, 11) is 3.53. The summed E-state index contributed by atoms with van der Waals surface area (Å²) >= 11 is 0. The zero-order chi connectivity index (χ0) is 14.5. The smallest absolute Gasteiger partial charge is 0.269 e. The number of nitro benzene ring substituents is 1. The standard InChI is InChI=1S/C14H21N3O3/c1-15-14-6-5-13(17(18)19)9-11(14)10-16(7-8-20-2)12-3-4-12/h5-6,9,12,15H,3-4,7-8,10H2,1-2H3. The molecule has 1 aliphatic rings. The fraction of sp³-hybridized carbons (Fsp3) is 0.571. The molecule has 1 aromatic carbocycles. The fourth-order valence-electron chi connectivity index (χ4n) is 2.33. The van der Waals surface area contributed by atoms with E-state index in [1.54, 1.807) is 19.2 Å². The van der Waals surface area contributed by atoms with Crippen LogP contribution < -0.4 is 5.32 Å². The molecule has 0 heterocycles. The van der Waals surface area contributed by atoms with E-state index in [-0.39, 0.29) is 10.6 Å². The Labute approximate surface area is 118 Å². The molecule has 1 aliphatic carbocycles. The van der Waals surface area contributed by atoms with Gasteiger partial charge in [-0.1, -0.05) is 0 Å². The lowest BCUT2D eigenvalue weighted by molar-refractivity contribution is -0.384. The second kappa shape index (κ2) is 6.67. The van der Waals surface area contributed by atoms with Gasteiger partial charge >= 0.3 is 0 Å². The highest BCUT2D eigenvalue weighted by Gasteiger charge is 2.29. The van der Waals surface area contributed by atoms with Crippen LogP contribution in [0.5, 0.6) is 0 Å². The number of nitro groups is 1. The van der Waals surface area contributed by atoms with Gasteiger partial charge in [-0.05, 0) is 24.5 Å². The van der Waals surface area contributed by atoms with E-state index >= 15 is 0 Å². The lowest BCUT2D eigenvalue weighted by Crippen LogP contribution is -2.29. The molecule has 6 nitrogen and oxygen atoms in total. The molecule has 0 aliphatic heterocycles. The molecule has 0 amide bonds. The van der Waals surface area contributed by atoms with Gasteiger partial charge in [0.2, 0.25) is 0 Å². The highest BCUT2D eigenvalue weighted by Crippen LogP contribution is 2.30. The van der Waals surface area contributed by atoms with Gasteiger partial charge in [0.25, 0.3) is 5.69 Å². The molecule has 0 aromatic heterocycles. The fourth-order valence-corrected chi connectivity index (χ4v) is 2.33. The lowest BCUT2D eigenvalue weighted by Gasteiger charge is -2.22. The van der Waals surface area contributed by atoms with E-state index in [4.69, 9.17) is 4.74 Å². The topological polar surface area (TPSA) is 67.6 Å². The first-order chi connectivity index (χ1) is 9.65. The largest absolute Gasteiger partial charge is 0.388 e. The average Bonchev–Trinajstić information content (AvgIpc) is 3.27. The van der Waals surface area contributed by atoms with Crippen molar-refractivity contribution < 1.29 is 9.66 Å². The summed E-state index contributed by atoms with van der Waals surface area (Å²) in [4.78, 5) is 12.9. The van der Waals surface area contributed by atoms with Crippen LogP contribution in [0.2, 0.25) is 0 Å². The number of anilines is 1. The molecular formula is C14H21N3O3. The number of hydrogen-bond acceptors (Lipinski definition) is 5. The van der Waals surface area contributed by atoms with Gasteiger partial charge in [-0.3, -0.25) is 15.0 Å². The van der Waals surface area contributed by atoms with Crippen molar-refractivity contribution >= 4 is 11.4 Å². The number of rotatable bonds is 8. The summed E-state index contributed by atoms with van der Waals surface area (Å²) in [6.07, 6.45) is 2.40. The van der Waals surface area contributed by atoms with E-state index in [1.165, 1.54) is 18.9 Å². The van der Waals surface area contributed by atoms with Crippen molar-refractivity contribution in [2.45, 2.75) is 25.4 Å². The number of non-ortho nitro benzene ring substituents is 1. The molecule has 0 unspecified atom stereocenters. The summed E-state index contributed by atoms with van der Waals surface area (Å²) in [6.45, 7) is 2.25. The molecule has 0 radical (unpaired) electrons. The second-order valence-corrected chi connectivity index (χ2v) is 5.04. The van der Waals surface area contributed by atoms with E-state index in [2.05, 4.69) is 10.2 Å². The van der Waals surface area contributed by atoms with Crippen LogP contribution in [0.4, 0.5) is 11.4 Å². The molecule has 1 aromatic rings. The maximum atomic E-state index is 10.9. The first kappa shape index (κ1) is 14.7. The quantitative estimate of drug-likeness (QED) is 0.584. The van der Waals surface area contributed by atoms with E-state index < -0.39 is 0 Å². The van der Waals surface area contributed by atoms with E-state index in [0.717, 1.165) is 17.8 Å². The Morgan fingerprint density at radius 1 is 1.50 bits per heavy atom. The molecule has 0 bridgehead atoms. The molecule has 0 saturated heterocycles. The van der Waals surface area contributed by atoms with Crippen LogP contribution in [0.15, 0.2) is 18.2 Å². The lowest BCUT2D eigenvalue weighted by atomic mass is 10.1. The van der Waals surface area contributed by atoms with Crippen molar-refractivity contribution in [2.75, 3.05) is 32.6 Å². The number of nitrogens with one attached hydrogen (secondary N) is 1. The van der Waals surface area contributed by atoms with Gasteiger partial charge in [0, 0.05) is 51.1 Å². The van der Waals surface area contributed by atoms with Crippen molar-refractivity contribution in [1.82, 2.24) is 4.90 Å². The molecule has 0 atom stereocenters. The molecular weight excluding hydrogens is 258 g/mol. The highest BCUT2D eigenvalue weighted by molar-refractivity contribution is 5.55. The normalized spacial score (nSPS) is 14.6. The van der Waals surface area contributed by atoms with Gasteiger partial charge in [-0.25, -0.2) is 0 Å². The number of ether oxygens (including phenoxy) is 1. The Balaban J connectivity index is 2.16. The van der Waals surface area contributed by atoms with E-state index in [1.807, 2.05) is 7.05 Å². The summed E-state index contributed by atoms with van der Waals surface area (Å²) in [5.41, 5.74) is 2.05. The molecule has 0 spiro atoms. The highest BCUT2D eigenvalue weighted by atomic mass is 16.6. The Hall–Kier alpha value is -1.66. The third kappa shape index (κ3) is 3.68. The summed E-state index contributed by atoms with van der Waals surface area (Å²) in [6, 6.07) is 5.56. The van der Waals surface area contributed by atoms with E-state index in [0.29, 0.717) is 19.2 Å². The minimum atomic E-state index is -0.348. The predicted octanol–water partition coefficient (Wildman–Crippen LogP) is 2.25. The van der Waals surface area contributed by atoms with Crippen LogP contribution in [0.25, 0.3) is 0 Å². The minimum Gasteiger partial charge on any atom is -0.388 e. The first-order valence-electron chi connectivity index (χ1n) is 6.83. The summed E-state index contributed by atoms with van der Waals surface area (Å²) in [5.74, 6) is 0. The Morgan fingerprint density at radius 3 is 2.80 bits per heavy atom. The number of methoxy groups -OCH3 is 1. The molecule has 1 fully saturated rings. The van der Waals surface area contributed by atoms with Crippen LogP contribution in [-0.4, -0.2) is 43.2 Å². The van der Waals surface area contributed by atoms with Crippen LogP contribution in [0.1, 0.15) is 18.4 Å². The minimum absolute atomic E-state index is 0.140. The third-order valence-electron chi connectivity index (χ3n) is 3.59. The zero-order valence-electron chi connectivity index (χ0n) is 12.0. The summed E-state index contributed by atoms with van der Waals surface area (Å²) in [5, 5.41) is 14.0. The monoisotopic (exact) mass is 279 g/mol. The van der Waals surface area contributed by atoms with Gasteiger partial charge in [-0.15, -0.1) is 0 Å². The second-order valence-electron chi connectivity index (χ2n) is 5.04. The van der Waals surface area contributed by atoms with Crippen molar-refractivity contribution in [1.29, 1.82) is 0 Å².